The van der Waals surface area contributed by atoms with E-state index in [1.165, 1.54) is 76.2 Å². The van der Waals surface area contributed by atoms with Gasteiger partial charge in [-0.2, -0.15) is 45.9 Å². The molecule has 46 nitrogen and oxygen atoms in total. The van der Waals surface area contributed by atoms with Crippen LogP contribution in [0.25, 0.3) is 21.6 Å². The van der Waals surface area contributed by atoms with Gasteiger partial charge in [0.05, 0.1) is 50.1 Å². The number of nitro groups is 4. The second kappa shape index (κ2) is 50.0. The summed E-state index contributed by atoms with van der Waals surface area (Å²) >= 11 is 0. The number of imide groups is 4. The second-order valence-electron chi connectivity index (χ2n) is 24.1. The van der Waals surface area contributed by atoms with Gasteiger partial charge in [-0.15, -0.1) is 15.2 Å². The number of amides is 8. The number of hydrogen-bond donors (Lipinski definition) is 2. The molecular weight excluding hydrogens is 1670 g/mol. The zero-order valence-electron chi connectivity index (χ0n) is 64.2. The molecule has 0 spiro atoms. The summed E-state index contributed by atoms with van der Waals surface area (Å²) < 4.78 is 62.1. The van der Waals surface area contributed by atoms with E-state index >= 15 is 0 Å². The SMILES string of the molecule is [H-].[H-].[N-]=C=Nc1ccc(CCCCCCC(=O)ON2C(=O)CC(S(=O)(=O)O)C2=O)c([N+](=O)[O-])c1.[N-]=C=Nc1ccc(CCCCCCC(=O)ON2C(=O)CCC2=O)c([N+](=O)[O-])c1.[N-]=C=Nc1ccc([N+](=O)[O-])c(C(=O)CCCSSCCC(=O)ON2C(=O)CC(S(=O)(=O)O)C2=O)c1.[N-]=C=Nc1ccc([N+](=O)[O-])c(CON2C(=O)CCC2=O)c1.[Na+].[Na+]. The van der Waals surface area contributed by atoms with Gasteiger partial charge >= 0.3 is 77.0 Å². The molecule has 2 N–H and O–H groups in total. The molecule has 4 aliphatic rings. The zero-order valence-corrected chi connectivity index (χ0v) is 69.4. The van der Waals surface area contributed by atoms with Crippen LogP contribution in [-0.4, -0.2) is 183 Å². The number of Topliss-reactive ketones (excluding diaryl/α,β-unsaturated/α-hetero) is 1. The molecule has 620 valence electrons. The fraction of sp³-hybridized carbons (Fsp3) is 0.394. The molecule has 4 saturated heterocycles. The summed E-state index contributed by atoms with van der Waals surface area (Å²) in [6.07, 6.45) is 4.38. The molecule has 8 amide bonds. The van der Waals surface area contributed by atoms with Gasteiger partial charge in [-0.3, -0.25) is 97.6 Å². The van der Waals surface area contributed by atoms with Crippen LogP contribution in [-0.2, 0) is 112 Å². The molecule has 4 aliphatic heterocycles. The van der Waals surface area contributed by atoms with Crippen LogP contribution in [0.2, 0.25) is 0 Å². The molecule has 0 saturated carbocycles. The van der Waals surface area contributed by atoms with Crippen LogP contribution >= 0.6 is 21.6 Å². The van der Waals surface area contributed by atoms with Crippen molar-refractivity contribution >= 4 is 182 Å². The van der Waals surface area contributed by atoms with Gasteiger partial charge in [-0.05, 0) is 79.8 Å². The first-order chi connectivity index (χ1) is 54.9. The molecule has 4 fully saturated rings. The van der Waals surface area contributed by atoms with Crippen molar-refractivity contribution in [2.75, 3.05) is 11.5 Å². The fourth-order valence-electron chi connectivity index (χ4n) is 10.5. The number of hydrogen-bond acceptors (Lipinski definition) is 34. The van der Waals surface area contributed by atoms with Gasteiger partial charge in [0.25, 0.3) is 90.2 Å². The zero-order chi connectivity index (χ0) is 86.0. The molecule has 0 aliphatic carbocycles. The van der Waals surface area contributed by atoms with Crippen molar-refractivity contribution in [1.29, 1.82) is 0 Å². The van der Waals surface area contributed by atoms with Gasteiger partial charge in [0, 0.05) is 91.8 Å². The van der Waals surface area contributed by atoms with E-state index in [1.54, 1.807) is 36.2 Å². The Morgan fingerprint density at radius 2 is 0.797 bits per heavy atom. The molecule has 4 aromatic carbocycles. The third kappa shape index (κ3) is 32.2. The predicted octanol–water partition coefficient (Wildman–Crippen LogP) is 2.97. The van der Waals surface area contributed by atoms with E-state index in [2.05, 4.69) is 29.6 Å². The third-order valence-electron chi connectivity index (χ3n) is 16.0. The molecule has 2 unspecified atom stereocenters. The summed E-state index contributed by atoms with van der Waals surface area (Å²) in [5.41, 5.74) is 0.983. The first-order valence-corrected chi connectivity index (χ1v) is 39.3. The monoisotopic (exact) mass is 1740 g/mol. The minimum Gasteiger partial charge on any atom is -1.00 e. The van der Waals surface area contributed by atoms with Crippen LogP contribution in [0.1, 0.15) is 152 Å². The van der Waals surface area contributed by atoms with Crippen LogP contribution in [0.4, 0.5) is 45.5 Å². The first-order valence-electron chi connectivity index (χ1n) is 33.8. The number of rotatable bonds is 39. The predicted molar refractivity (Wildman–Crippen MR) is 402 cm³/mol. The first kappa shape index (κ1) is 101. The Kier molecular flexibility index (Phi) is 42.9. The van der Waals surface area contributed by atoms with Gasteiger partial charge in [-0.1, -0.05) is 83.7 Å². The van der Waals surface area contributed by atoms with Crippen molar-refractivity contribution in [2.24, 2.45) is 20.0 Å². The minimum absolute atomic E-state index is 0. The van der Waals surface area contributed by atoms with E-state index in [9.17, 15) is 115 Å². The average Bonchev–Trinajstić information content (AvgIpc) is 1.65. The van der Waals surface area contributed by atoms with E-state index in [4.69, 9.17) is 40.4 Å². The summed E-state index contributed by atoms with van der Waals surface area (Å²) in [6, 6.07) is 22.3. The maximum Gasteiger partial charge on any atom is 1.00 e. The fourth-order valence-corrected chi connectivity index (χ4v) is 13.9. The smallest absolute Gasteiger partial charge is 1.00 e. The summed E-state index contributed by atoms with van der Waals surface area (Å²) in [5, 5.41) is 75.8. The van der Waals surface area contributed by atoms with Gasteiger partial charge < -0.3 is 59.0 Å². The largest absolute Gasteiger partial charge is 1.00 e. The Balaban J connectivity index is 0.000000802. The van der Waals surface area contributed by atoms with Gasteiger partial charge in [0.15, 0.2) is 16.3 Å². The molecule has 0 bridgehead atoms. The summed E-state index contributed by atoms with van der Waals surface area (Å²) in [4.78, 5) is 215. The number of aryl methyl sites for hydroxylation is 2. The number of ketones is 1. The van der Waals surface area contributed by atoms with Crippen LogP contribution in [0.15, 0.2) is 92.8 Å². The third-order valence-corrected chi connectivity index (χ3v) is 20.7. The van der Waals surface area contributed by atoms with E-state index in [1.807, 2.05) is 0 Å². The molecule has 2 atom stereocenters. The number of nitro benzene ring substituents is 4. The van der Waals surface area contributed by atoms with Crippen molar-refractivity contribution < 1.29 is 184 Å². The molecule has 0 radical (unpaired) electrons. The van der Waals surface area contributed by atoms with Crippen molar-refractivity contribution in [2.45, 2.75) is 152 Å². The molecule has 4 heterocycles. The topological polar surface area (TPSA) is 675 Å². The standard InChI is InChI=1S/C18H17N4O10S3.C18H19N4O9S.C18H19N4O6.C12H9N4O5.2Na.2H/c19-10-20-11-3-4-13(22(27)28)12(8-11)14(23)2-1-6-33-34-7-5-17(25)32-21-16(24)9-15(18(21)26)35(29,30)31;19-11-20-13-8-7-12(14(9-13)22(26)27)5-3-1-2-4-6-17(24)31-21-16(23)10-15(18(21)25)32(28,29)30;19-12-20-14-8-7-13(15(11-14)22(26)27)5-3-1-2-4-6-18(25)28-21-16(23)9-10-17(21)24;13-7-14-9-1-2-10(16(19)20)8(5-9)6-21-15-11(17)3-4-12(15)18;;;;/h3-4,8,15H,1-2,5-7,9H2,(H,29,30,31);7-9,15H,1-6,10H2,(H,28,29,30);7-8,11H,1-6,9-10H2;1-2,5H,3-4,6H2;;;;/q4*-1;2*+1;2*-1. The van der Waals surface area contributed by atoms with Crippen molar-refractivity contribution in [3.63, 3.8) is 0 Å². The number of benzene rings is 4. The molecular formula is C66H66N16Na2O30S4-4. The van der Waals surface area contributed by atoms with E-state index < -0.39 is 134 Å². The van der Waals surface area contributed by atoms with Crippen LogP contribution < -0.4 is 59.1 Å². The number of carbonyl (C=O) groups is 12. The maximum atomic E-state index is 12.4. The number of carbonyl (C=O) groups excluding carboxylic acids is 12. The molecule has 4 aromatic rings. The maximum absolute atomic E-state index is 12.4. The Hall–Kier alpha value is -10.9. The number of aliphatic imine (C=N–C) groups is 4. The van der Waals surface area contributed by atoms with Crippen LogP contribution in [0, 0.1) is 40.5 Å². The van der Waals surface area contributed by atoms with Crippen molar-refractivity contribution in [3.8, 4) is 0 Å². The molecule has 0 aromatic heterocycles. The average molecular weight is 1740 g/mol. The Morgan fingerprint density at radius 1 is 0.441 bits per heavy atom. The van der Waals surface area contributed by atoms with Crippen molar-refractivity contribution in [3.05, 3.63) is 157 Å². The minimum atomic E-state index is -4.80. The van der Waals surface area contributed by atoms with E-state index in [0.717, 1.165) is 12.5 Å². The Bertz CT molecular complexity index is 4980. The number of unbranched alkanes of at least 4 members (excludes halogenated alkanes) is 6. The number of nitrogens with zero attached hydrogens (tertiary/aromatic N) is 16. The van der Waals surface area contributed by atoms with Gasteiger partial charge in [0.2, 0.25) is 0 Å². The quantitative estimate of drug-likeness (QED) is 0.00746. The van der Waals surface area contributed by atoms with Crippen LogP contribution in [0.5, 0.6) is 0 Å². The van der Waals surface area contributed by atoms with E-state index in [-0.39, 0.29) is 192 Å². The summed E-state index contributed by atoms with van der Waals surface area (Å²) in [6.45, 7) is -0.345. The Labute approximate surface area is 722 Å². The molecule has 52 heteroatoms. The molecule has 118 heavy (non-hydrogen) atoms. The van der Waals surface area contributed by atoms with Crippen molar-refractivity contribution in [1.82, 2.24) is 20.3 Å². The molecule has 8 rings (SSSR count). The van der Waals surface area contributed by atoms with Gasteiger partial charge in [0.1, 0.15) is 6.61 Å². The van der Waals surface area contributed by atoms with Crippen LogP contribution in [0.3, 0.4) is 0 Å². The number of hydroxylamine groups is 8. The van der Waals surface area contributed by atoms with Gasteiger partial charge in [-0.25, -0.2) is 14.4 Å². The second-order valence-corrected chi connectivity index (χ2v) is 30.0. The summed E-state index contributed by atoms with van der Waals surface area (Å²) in [7, 11) is -7.05. The van der Waals surface area contributed by atoms with E-state index in [0.29, 0.717) is 91.2 Å². The Morgan fingerprint density at radius 3 is 1.19 bits per heavy atom. The normalized spacial score (nSPS) is 14.7. The summed E-state index contributed by atoms with van der Waals surface area (Å²) in [5.74, 6) is -9.06.